The van der Waals surface area contributed by atoms with Crippen LogP contribution in [-0.4, -0.2) is 49.0 Å². The molecule has 2 heterocycles. The third-order valence-electron chi connectivity index (χ3n) is 4.92. The lowest BCUT2D eigenvalue weighted by atomic mass is 9.92. The predicted octanol–water partition coefficient (Wildman–Crippen LogP) is 2.44. The highest BCUT2D eigenvalue weighted by Crippen LogP contribution is 2.21. The van der Waals surface area contributed by atoms with Crippen LogP contribution in [0.1, 0.15) is 32.6 Å². The van der Waals surface area contributed by atoms with E-state index in [0.29, 0.717) is 17.5 Å². The van der Waals surface area contributed by atoms with Gasteiger partial charge in [-0.15, -0.1) is 12.4 Å². The Morgan fingerprint density at radius 2 is 2.08 bits per heavy atom. The molecule has 1 aromatic carbocycles. The summed E-state index contributed by atoms with van der Waals surface area (Å²) < 4.78 is 5.61. The molecule has 144 valence electrons. The van der Waals surface area contributed by atoms with Crippen LogP contribution in [0.5, 0.6) is 5.75 Å². The molecular formula is C19H28ClN3O3. The van der Waals surface area contributed by atoms with Crippen molar-refractivity contribution in [3.8, 4) is 5.75 Å². The van der Waals surface area contributed by atoms with Crippen LogP contribution < -0.4 is 15.4 Å². The number of rotatable bonds is 5. The van der Waals surface area contributed by atoms with Crippen LogP contribution in [0.3, 0.4) is 0 Å². The maximum absolute atomic E-state index is 12.4. The van der Waals surface area contributed by atoms with Gasteiger partial charge in [-0.2, -0.15) is 0 Å². The monoisotopic (exact) mass is 381 g/mol. The van der Waals surface area contributed by atoms with Gasteiger partial charge in [0.15, 0.2) is 6.61 Å². The first-order valence-corrected chi connectivity index (χ1v) is 9.17. The highest BCUT2D eigenvalue weighted by atomic mass is 35.5. The number of benzene rings is 1. The number of carbonyl (C=O) groups is 2. The van der Waals surface area contributed by atoms with Crippen molar-refractivity contribution in [3.05, 3.63) is 24.3 Å². The van der Waals surface area contributed by atoms with E-state index in [0.717, 1.165) is 45.3 Å². The van der Waals surface area contributed by atoms with Crippen molar-refractivity contribution in [2.24, 2.45) is 5.92 Å². The van der Waals surface area contributed by atoms with E-state index in [1.165, 1.54) is 0 Å². The number of halogens is 1. The van der Waals surface area contributed by atoms with Crippen molar-refractivity contribution < 1.29 is 14.3 Å². The quantitative estimate of drug-likeness (QED) is 0.821. The van der Waals surface area contributed by atoms with Gasteiger partial charge in [0.1, 0.15) is 5.75 Å². The Morgan fingerprint density at radius 3 is 2.81 bits per heavy atom. The molecule has 2 fully saturated rings. The van der Waals surface area contributed by atoms with Crippen LogP contribution in [-0.2, 0) is 9.59 Å². The summed E-state index contributed by atoms with van der Waals surface area (Å²) in [5.74, 6) is 0.718. The molecule has 0 bridgehead atoms. The fraction of sp³-hybridized carbons (Fsp3) is 0.579. The zero-order valence-electron chi connectivity index (χ0n) is 15.2. The van der Waals surface area contributed by atoms with Gasteiger partial charge in [-0.05, 0) is 51.3 Å². The molecule has 3 rings (SSSR count). The first kappa shape index (κ1) is 20.5. The number of hydrogen-bond donors (Lipinski definition) is 2. The molecule has 0 radical (unpaired) electrons. The second-order valence-electron chi connectivity index (χ2n) is 6.97. The molecular weight excluding hydrogens is 354 g/mol. The Hall–Kier alpha value is -1.79. The van der Waals surface area contributed by atoms with Gasteiger partial charge in [-0.1, -0.05) is 6.07 Å². The second-order valence-corrected chi connectivity index (χ2v) is 6.97. The van der Waals surface area contributed by atoms with E-state index in [1.807, 2.05) is 17.0 Å². The summed E-state index contributed by atoms with van der Waals surface area (Å²) in [6.45, 7) is 4.68. The molecule has 2 amide bonds. The lowest BCUT2D eigenvalue weighted by Gasteiger charge is -2.27. The Balaban J connectivity index is 0.00000243. The fourth-order valence-electron chi connectivity index (χ4n) is 3.48. The highest BCUT2D eigenvalue weighted by molar-refractivity contribution is 5.92. The number of amides is 2. The van der Waals surface area contributed by atoms with E-state index in [2.05, 4.69) is 17.6 Å². The molecule has 7 heteroatoms. The summed E-state index contributed by atoms with van der Waals surface area (Å²) in [6.07, 6.45) is 3.86. The molecule has 2 aliphatic heterocycles. The molecule has 6 nitrogen and oxygen atoms in total. The molecule has 0 spiro atoms. The van der Waals surface area contributed by atoms with Crippen LogP contribution in [0.25, 0.3) is 0 Å². The number of nitrogens with one attached hydrogen (secondary N) is 2. The van der Waals surface area contributed by atoms with Crippen molar-refractivity contribution in [3.63, 3.8) is 0 Å². The van der Waals surface area contributed by atoms with Gasteiger partial charge in [-0.25, -0.2) is 0 Å². The Morgan fingerprint density at radius 1 is 1.31 bits per heavy atom. The third kappa shape index (κ3) is 5.61. The molecule has 0 aliphatic carbocycles. The lowest BCUT2D eigenvalue weighted by Crippen LogP contribution is -2.40. The smallest absolute Gasteiger partial charge is 0.260 e. The van der Waals surface area contributed by atoms with Gasteiger partial charge in [0.25, 0.3) is 5.91 Å². The largest absolute Gasteiger partial charge is 0.484 e. The molecule has 1 aromatic rings. The normalized spacial score (nSPS) is 22.4. The van der Waals surface area contributed by atoms with E-state index in [1.54, 1.807) is 12.1 Å². The van der Waals surface area contributed by atoms with Crippen LogP contribution in [0.4, 0.5) is 5.69 Å². The maximum atomic E-state index is 12.4. The third-order valence-corrected chi connectivity index (χ3v) is 4.92. The van der Waals surface area contributed by atoms with E-state index < -0.39 is 0 Å². The Labute approximate surface area is 161 Å². The molecule has 2 N–H and O–H groups in total. The minimum Gasteiger partial charge on any atom is -0.484 e. The average Bonchev–Trinajstić information content (AvgIpc) is 3.15. The molecule has 26 heavy (non-hydrogen) atoms. The minimum atomic E-state index is 0. The van der Waals surface area contributed by atoms with E-state index in [4.69, 9.17) is 4.74 Å². The summed E-state index contributed by atoms with van der Waals surface area (Å²) >= 11 is 0. The number of hydrogen-bond acceptors (Lipinski definition) is 4. The van der Waals surface area contributed by atoms with Gasteiger partial charge in [-0.3, -0.25) is 9.59 Å². The summed E-state index contributed by atoms with van der Waals surface area (Å²) in [5.41, 5.74) is 0.710. The SMILES string of the molecule is C[C@H]1C[C@@H](C(=O)Nc2cccc(OCC(=O)N3CCCC3)c2)CCN1.Cl. The molecule has 2 atom stereocenters. The average molecular weight is 382 g/mol. The van der Waals surface area contributed by atoms with Crippen LogP contribution >= 0.6 is 12.4 Å². The van der Waals surface area contributed by atoms with Crippen LogP contribution in [0.15, 0.2) is 24.3 Å². The zero-order valence-corrected chi connectivity index (χ0v) is 16.0. The highest BCUT2D eigenvalue weighted by Gasteiger charge is 2.24. The van der Waals surface area contributed by atoms with Gasteiger partial charge in [0, 0.05) is 36.8 Å². The van der Waals surface area contributed by atoms with Crippen molar-refractivity contribution in [1.82, 2.24) is 10.2 Å². The van der Waals surface area contributed by atoms with Gasteiger partial charge in [0.05, 0.1) is 0 Å². The first-order valence-electron chi connectivity index (χ1n) is 9.17. The van der Waals surface area contributed by atoms with E-state index in [-0.39, 0.29) is 36.7 Å². The summed E-state index contributed by atoms with van der Waals surface area (Å²) in [6, 6.07) is 7.63. The summed E-state index contributed by atoms with van der Waals surface area (Å²) in [5, 5.41) is 6.33. The van der Waals surface area contributed by atoms with Gasteiger partial charge in [0.2, 0.25) is 5.91 Å². The number of ether oxygens (including phenoxy) is 1. The van der Waals surface area contributed by atoms with E-state index in [9.17, 15) is 9.59 Å². The number of likely N-dealkylation sites (tertiary alicyclic amines) is 1. The Kier molecular flexibility index (Phi) is 7.72. The zero-order chi connectivity index (χ0) is 17.6. The number of nitrogens with zero attached hydrogens (tertiary/aromatic N) is 1. The second kappa shape index (κ2) is 9.78. The molecule has 0 unspecified atom stereocenters. The molecule has 2 aliphatic rings. The molecule has 0 saturated carbocycles. The number of anilines is 1. The molecule has 0 aromatic heterocycles. The van der Waals surface area contributed by atoms with Crippen LogP contribution in [0.2, 0.25) is 0 Å². The number of piperidine rings is 1. The minimum absolute atomic E-state index is 0. The molecule has 2 saturated heterocycles. The van der Waals surface area contributed by atoms with Gasteiger partial charge < -0.3 is 20.3 Å². The van der Waals surface area contributed by atoms with E-state index >= 15 is 0 Å². The van der Waals surface area contributed by atoms with Crippen LogP contribution in [0, 0.1) is 5.92 Å². The number of carbonyl (C=O) groups excluding carboxylic acids is 2. The predicted molar refractivity (Wildman–Crippen MR) is 104 cm³/mol. The standard InChI is InChI=1S/C19H27N3O3.ClH/c1-14-11-15(7-8-20-14)19(24)21-16-5-4-6-17(12-16)25-13-18(23)22-9-2-3-10-22;/h4-6,12,14-15,20H,2-3,7-11,13H2,1H3,(H,21,24);1H/t14-,15-;/m0./s1. The van der Waals surface area contributed by atoms with Crippen molar-refractivity contribution in [2.45, 2.75) is 38.6 Å². The summed E-state index contributed by atoms with van der Waals surface area (Å²) in [4.78, 5) is 26.3. The maximum Gasteiger partial charge on any atom is 0.260 e. The van der Waals surface area contributed by atoms with Crippen molar-refractivity contribution in [1.29, 1.82) is 0 Å². The van der Waals surface area contributed by atoms with Crippen molar-refractivity contribution >= 4 is 29.9 Å². The first-order chi connectivity index (χ1) is 12.1. The Bertz CT molecular complexity index is 620. The fourth-order valence-corrected chi connectivity index (χ4v) is 3.48. The van der Waals surface area contributed by atoms with Gasteiger partial charge >= 0.3 is 0 Å². The van der Waals surface area contributed by atoms with Crippen molar-refractivity contribution in [2.75, 3.05) is 31.6 Å². The lowest BCUT2D eigenvalue weighted by molar-refractivity contribution is -0.132. The topological polar surface area (TPSA) is 70.7 Å². The summed E-state index contributed by atoms with van der Waals surface area (Å²) in [7, 11) is 0.